The lowest BCUT2D eigenvalue weighted by molar-refractivity contribution is 0.0319. The van der Waals surface area contributed by atoms with E-state index in [-0.39, 0.29) is 6.61 Å². The van der Waals surface area contributed by atoms with Gasteiger partial charge in [-0.15, -0.1) is 0 Å². The summed E-state index contributed by atoms with van der Waals surface area (Å²) >= 11 is 2.18. The van der Waals surface area contributed by atoms with E-state index in [1.807, 2.05) is 63.3 Å². The summed E-state index contributed by atoms with van der Waals surface area (Å²) in [5.74, 6) is 0.546. The first kappa shape index (κ1) is 28.0. The SMILES string of the molecule is CN(C(=O)OC(C)(C)C)c1ccc(/C=C/c2cnc(OCCOCCOCCF)c(I)c2)cc1. The van der Waals surface area contributed by atoms with E-state index in [0.717, 1.165) is 20.4 Å². The largest absolute Gasteiger partial charge is 0.474 e. The Morgan fingerprint density at radius 1 is 1.03 bits per heavy atom. The average molecular weight is 586 g/mol. The van der Waals surface area contributed by atoms with Crippen molar-refractivity contribution in [1.29, 1.82) is 0 Å². The van der Waals surface area contributed by atoms with Gasteiger partial charge in [-0.3, -0.25) is 4.90 Å². The van der Waals surface area contributed by atoms with Crippen molar-refractivity contribution in [1.82, 2.24) is 4.98 Å². The molecule has 2 rings (SSSR count). The monoisotopic (exact) mass is 586 g/mol. The molecule has 9 heteroatoms. The number of aromatic nitrogens is 1. The summed E-state index contributed by atoms with van der Waals surface area (Å²) in [5.41, 5.74) is 2.14. The summed E-state index contributed by atoms with van der Waals surface area (Å²) in [7, 11) is 1.69. The van der Waals surface area contributed by atoms with Gasteiger partial charge in [-0.2, -0.15) is 0 Å². The molecule has 186 valence electrons. The number of carbonyl (C=O) groups is 1. The second-order valence-electron chi connectivity index (χ2n) is 8.28. The molecule has 0 saturated carbocycles. The third-order valence-electron chi connectivity index (χ3n) is 4.30. The predicted octanol–water partition coefficient (Wildman–Crippen LogP) is 5.61. The predicted molar refractivity (Wildman–Crippen MR) is 140 cm³/mol. The molecule has 2 aromatic rings. The first-order valence-corrected chi connectivity index (χ1v) is 12.0. The van der Waals surface area contributed by atoms with Crippen LogP contribution in [0.2, 0.25) is 0 Å². The molecule has 0 aliphatic rings. The number of rotatable bonds is 12. The molecule has 0 unspecified atom stereocenters. The van der Waals surface area contributed by atoms with Gasteiger partial charge in [0, 0.05) is 18.9 Å². The molecule has 1 amide bonds. The van der Waals surface area contributed by atoms with Crippen molar-refractivity contribution in [2.75, 3.05) is 51.7 Å². The number of alkyl halides is 1. The molecular weight excluding hydrogens is 554 g/mol. The maximum absolute atomic E-state index is 12.2. The third kappa shape index (κ3) is 10.4. The second-order valence-corrected chi connectivity index (χ2v) is 9.44. The molecule has 0 fully saturated rings. The standard InChI is InChI=1S/C25H32FIN2O5/c1-25(2,3)34-24(30)29(4)21-9-7-19(8-10-21)5-6-20-17-22(27)23(28-18-20)33-16-15-32-14-13-31-12-11-26/h5-10,17-18H,11-16H2,1-4H3/b6-5+. The van der Waals surface area contributed by atoms with Gasteiger partial charge < -0.3 is 18.9 Å². The number of halogens is 2. The van der Waals surface area contributed by atoms with Gasteiger partial charge in [-0.1, -0.05) is 24.3 Å². The van der Waals surface area contributed by atoms with Crippen LogP contribution in [0.15, 0.2) is 36.5 Å². The van der Waals surface area contributed by atoms with E-state index in [1.54, 1.807) is 13.2 Å². The van der Waals surface area contributed by atoms with Crippen LogP contribution in [-0.4, -0.2) is 63.4 Å². The van der Waals surface area contributed by atoms with Gasteiger partial charge >= 0.3 is 6.09 Å². The Labute approximate surface area is 214 Å². The maximum Gasteiger partial charge on any atom is 0.414 e. The summed E-state index contributed by atoms with van der Waals surface area (Å²) in [5, 5.41) is 0. The Balaban J connectivity index is 1.84. The highest BCUT2D eigenvalue weighted by Gasteiger charge is 2.20. The summed E-state index contributed by atoms with van der Waals surface area (Å²) in [6.45, 7) is 6.66. The fourth-order valence-corrected chi connectivity index (χ4v) is 3.30. The molecule has 0 atom stereocenters. The number of nitrogens with zero attached hydrogens (tertiary/aromatic N) is 2. The first-order chi connectivity index (χ1) is 16.2. The van der Waals surface area contributed by atoms with Gasteiger partial charge in [0.05, 0.1) is 30.0 Å². The average Bonchev–Trinajstić information content (AvgIpc) is 2.79. The van der Waals surface area contributed by atoms with Gasteiger partial charge in [-0.05, 0) is 72.7 Å². The Hall–Kier alpha value is -2.24. The van der Waals surface area contributed by atoms with Crippen molar-refractivity contribution in [2.45, 2.75) is 26.4 Å². The zero-order chi connectivity index (χ0) is 25.0. The number of hydrogen-bond donors (Lipinski definition) is 0. The number of hydrogen-bond acceptors (Lipinski definition) is 6. The van der Waals surface area contributed by atoms with Crippen molar-refractivity contribution < 1.29 is 28.1 Å². The number of amides is 1. The molecule has 0 spiro atoms. The minimum absolute atomic E-state index is 0.0967. The van der Waals surface area contributed by atoms with Gasteiger partial charge in [0.15, 0.2) is 0 Å². The van der Waals surface area contributed by atoms with E-state index < -0.39 is 18.4 Å². The van der Waals surface area contributed by atoms with Gasteiger partial charge in [0.2, 0.25) is 5.88 Å². The molecule has 34 heavy (non-hydrogen) atoms. The molecule has 0 radical (unpaired) electrons. The van der Waals surface area contributed by atoms with Crippen molar-refractivity contribution in [3.8, 4) is 5.88 Å². The number of carbonyl (C=O) groups excluding carboxylic acids is 1. The molecule has 1 aromatic heterocycles. The lowest BCUT2D eigenvalue weighted by atomic mass is 10.1. The maximum atomic E-state index is 12.2. The Bertz CT molecular complexity index is 932. The summed E-state index contributed by atoms with van der Waals surface area (Å²) in [4.78, 5) is 18.1. The molecule has 7 nitrogen and oxygen atoms in total. The fraction of sp³-hybridized carbons (Fsp3) is 0.440. The first-order valence-electron chi connectivity index (χ1n) is 10.9. The van der Waals surface area contributed by atoms with E-state index in [9.17, 15) is 9.18 Å². The number of anilines is 1. The highest BCUT2D eigenvalue weighted by molar-refractivity contribution is 14.1. The normalized spacial score (nSPS) is 11.6. The molecule has 1 aromatic carbocycles. The van der Waals surface area contributed by atoms with Crippen LogP contribution in [-0.2, 0) is 14.2 Å². The topological polar surface area (TPSA) is 70.1 Å². The summed E-state index contributed by atoms with van der Waals surface area (Å²) < 4.78 is 34.2. The van der Waals surface area contributed by atoms with Gasteiger partial charge in [-0.25, -0.2) is 14.2 Å². The van der Waals surface area contributed by atoms with E-state index >= 15 is 0 Å². The van der Waals surface area contributed by atoms with Crippen LogP contribution < -0.4 is 9.64 Å². The van der Waals surface area contributed by atoms with Crippen molar-refractivity contribution in [3.63, 3.8) is 0 Å². The number of ether oxygens (including phenoxy) is 4. The minimum atomic E-state index is -0.541. The van der Waals surface area contributed by atoms with Crippen molar-refractivity contribution in [2.24, 2.45) is 0 Å². The smallest absolute Gasteiger partial charge is 0.414 e. The Morgan fingerprint density at radius 2 is 1.65 bits per heavy atom. The molecule has 1 heterocycles. The van der Waals surface area contributed by atoms with E-state index in [0.29, 0.717) is 32.3 Å². The third-order valence-corrected chi connectivity index (χ3v) is 5.08. The number of pyridine rings is 1. The summed E-state index contributed by atoms with van der Waals surface area (Å²) in [6.07, 6.45) is 5.29. The van der Waals surface area contributed by atoms with Crippen LogP contribution in [0.3, 0.4) is 0 Å². The van der Waals surface area contributed by atoms with Crippen molar-refractivity contribution in [3.05, 3.63) is 51.2 Å². The quantitative estimate of drug-likeness (QED) is 0.238. The summed E-state index contributed by atoms with van der Waals surface area (Å²) in [6, 6.07) is 9.60. The number of benzene rings is 1. The molecule has 0 bridgehead atoms. The van der Waals surface area contributed by atoms with Gasteiger partial charge in [0.1, 0.15) is 18.9 Å². The van der Waals surface area contributed by atoms with Crippen LogP contribution in [0.1, 0.15) is 31.9 Å². The lowest BCUT2D eigenvalue weighted by Crippen LogP contribution is -2.34. The van der Waals surface area contributed by atoms with Crippen LogP contribution in [0, 0.1) is 3.57 Å². The fourth-order valence-electron chi connectivity index (χ4n) is 2.65. The van der Waals surface area contributed by atoms with Crippen LogP contribution in [0.5, 0.6) is 5.88 Å². The molecular formula is C25H32FIN2O5. The van der Waals surface area contributed by atoms with Crippen LogP contribution in [0.25, 0.3) is 12.2 Å². The zero-order valence-electron chi connectivity index (χ0n) is 20.1. The van der Waals surface area contributed by atoms with E-state index in [2.05, 4.69) is 27.6 Å². The van der Waals surface area contributed by atoms with E-state index in [1.165, 1.54) is 4.90 Å². The zero-order valence-corrected chi connectivity index (χ0v) is 22.2. The van der Waals surface area contributed by atoms with Crippen LogP contribution >= 0.6 is 22.6 Å². The highest BCUT2D eigenvalue weighted by Crippen LogP contribution is 2.21. The van der Waals surface area contributed by atoms with Crippen molar-refractivity contribution >= 4 is 46.5 Å². The molecule has 0 N–H and O–H groups in total. The lowest BCUT2D eigenvalue weighted by Gasteiger charge is -2.24. The molecule has 0 aliphatic carbocycles. The highest BCUT2D eigenvalue weighted by atomic mass is 127. The Kier molecular flexibility index (Phi) is 11.7. The second kappa shape index (κ2) is 14.2. The molecule has 0 aliphatic heterocycles. The van der Waals surface area contributed by atoms with E-state index in [4.69, 9.17) is 18.9 Å². The minimum Gasteiger partial charge on any atom is -0.474 e. The Morgan fingerprint density at radius 3 is 2.26 bits per heavy atom. The van der Waals surface area contributed by atoms with Crippen LogP contribution in [0.4, 0.5) is 14.9 Å². The van der Waals surface area contributed by atoms with Gasteiger partial charge in [0.25, 0.3) is 0 Å². The molecule has 0 saturated heterocycles.